The van der Waals surface area contributed by atoms with Crippen molar-refractivity contribution >= 4 is 23.7 Å². The molecule has 28 heavy (non-hydrogen) atoms. The van der Waals surface area contributed by atoms with Crippen LogP contribution < -0.4 is 5.32 Å². The second kappa shape index (κ2) is 8.36. The molecule has 0 radical (unpaired) electrons. The highest BCUT2D eigenvalue weighted by molar-refractivity contribution is 8.00. The van der Waals surface area contributed by atoms with Gasteiger partial charge in [0.05, 0.1) is 4.87 Å². The van der Waals surface area contributed by atoms with Crippen molar-refractivity contribution in [1.29, 1.82) is 0 Å². The van der Waals surface area contributed by atoms with Crippen LogP contribution in [0.2, 0.25) is 0 Å². The van der Waals surface area contributed by atoms with E-state index >= 15 is 0 Å². The molecule has 0 bridgehead atoms. The summed E-state index contributed by atoms with van der Waals surface area (Å²) in [7, 11) is 0. The fourth-order valence-electron chi connectivity index (χ4n) is 4.82. The van der Waals surface area contributed by atoms with Crippen LogP contribution in [0.5, 0.6) is 0 Å². The summed E-state index contributed by atoms with van der Waals surface area (Å²) in [4.78, 5) is 29.7. The van der Waals surface area contributed by atoms with Gasteiger partial charge >= 0.3 is 6.03 Å². The third kappa shape index (κ3) is 4.02. The van der Waals surface area contributed by atoms with Crippen molar-refractivity contribution in [2.24, 2.45) is 0 Å². The molecule has 1 saturated carbocycles. The van der Waals surface area contributed by atoms with E-state index in [9.17, 15) is 9.59 Å². The van der Waals surface area contributed by atoms with Crippen LogP contribution in [0.1, 0.15) is 60.9 Å². The smallest absolute Gasteiger partial charge is 0.317 e. The number of piperidine rings is 1. The molecular formula is C22H31N3O2S. The molecule has 152 valence electrons. The summed E-state index contributed by atoms with van der Waals surface area (Å²) in [6.07, 6.45) is 7.67. The topological polar surface area (TPSA) is 52.7 Å². The number of likely N-dealkylation sites (tertiary alicyclic amines) is 1. The molecule has 2 saturated heterocycles. The average molecular weight is 402 g/mol. The van der Waals surface area contributed by atoms with Crippen LogP contribution >= 0.6 is 11.8 Å². The van der Waals surface area contributed by atoms with E-state index < -0.39 is 0 Å². The third-order valence-electron chi connectivity index (χ3n) is 6.45. The number of urea groups is 1. The molecule has 4 rings (SSSR count). The maximum atomic E-state index is 13.2. The van der Waals surface area contributed by atoms with Crippen molar-refractivity contribution in [3.05, 3.63) is 35.4 Å². The van der Waals surface area contributed by atoms with Gasteiger partial charge in [0.15, 0.2) is 0 Å². The van der Waals surface area contributed by atoms with Crippen LogP contribution in [0.4, 0.5) is 4.79 Å². The minimum atomic E-state index is -0.150. The second-order valence-corrected chi connectivity index (χ2v) is 9.85. The number of hydrogen-bond acceptors (Lipinski definition) is 3. The zero-order chi connectivity index (χ0) is 19.6. The van der Waals surface area contributed by atoms with Crippen molar-refractivity contribution in [3.8, 4) is 0 Å². The molecule has 1 aromatic carbocycles. The summed E-state index contributed by atoms with van der Waals surface area (Å²) in [6, 6.07) is 8.30. The Kier molecular flexibility index (Phi) is 5.85. The highest BCUT2D eigenvalue weighted by Crippen LogP contribution is 2.44. The first-order valence-corrected chi connectivity index (χ1v) is 11.6. The predicted octanol–water partition coefficient (Wildman–Crippen LogP) is 4.02. The van der Waals surface area contributed by atoms with Gasteiger partial charge < -0.3 is 15.1 Å². The first-order valence-electron chi connectivity index (χ1n) is 10.7. The van der Waals surface area contributed by atoms with Gasteiger partial charge in [-0.2, -0.15) is 0 Å². The first-order chi connectivity index (χ1) is 13.6. The number of nitrogens with zero attached hydrogens (tertiary/aromatic N) is 2. The van der Waals surface area contributed by atoms with E-state index in [1.165, 1.54) is 19.3 Å². The van der Waals surface area contributed by atoms with Gasteiger partial charge in [0, 0.05) is 37.0 Å². The van der Waals surface area contributed by atoms with E-state index in [0.717, 1.165) is 62.2 Å². The van der Waals surface area contributed by atoms with E-state index in [-0.39, 0.29) is 16.8 Å². The van der Waals surface area contributed by atoms with E-state index in [1.807, 2.05) is 47.9 Å². The third-order valence-corrected chi connectivity index (χ3v) is 8.01. The van der Waals surface area contributed by atoms with Crippen molar-refractivity contribution in [2.75, 3.05) is 25.4 Å². The summed E-state index contributed by atoms with van der Waals surface area (Å²) in [6.45, 7) is 4.27. The van der Waals surface area contributed by atoms with Crippen LogP contribution in [-0.4, -0.2) is 58.0 Å². The monoisotopic (exact) mass is 401 g/mol. The Morgan fingerprint density at radius 2 is 1.86 bits per heavy atom. The predicted molar refractivity (Wildman–Crippen MR) is 114 cm³/mol. The van der Waals surface area contributed by atoms with Gasteiger partial charge in [-0.1, -0.05) is 37.0 Å². The first kappa shape index (κ1) is 19.6. The number of carbonyl (C=O) groups excluding carboxylic acids is 2. The Morgan fingerprint density at radius 3 is 2.57 bits per heavy atom. The summed E-state index contributed by atoms with van der Waals surface area (Å²) in [5.74, 6) is 1.11. The van der Waals surface area contributed by atoms with Gasteiger partial charge in [0.2, 0.25) is 0 Å². The number of nitrogens with one attached hydrogen (secondary N) is 1. The molecule has 3 amide bonds. The van der Waals surface area contributed by atoms with Crippen molar-refractivity contribution in [2.45, 2.75) is 62.8 Å². The second-order valence-electron chi connectivity index (χ2n) is 8.39. The Balaban J connectivity index is 1.38. The zero-order valence-corrected chi connectivity index (χ0v) is 17.6. The van der Waals surface area contributed by atoms with Crippen LogP contribution in [0, 0.1) is 6.92 Å². The number of aryl methyl sites for hydroxylation is 1. The molecule has 6 heteroatoms. The normalized spacial score (nSPS) is 22.5. The average Bonchev–Trinajstić information content (AvgIpc) is 3.11. The summed E-state index contributed by atoms with van der Waals surface area (Å²) < 4.78 is 0. The Hall–Kier alpha value is -1.69. The van der Waals surface area contributed by atoms with Crippen molar-refractivity contribution in [1.82, 2.24) is 15.1 Å². The number of amides is 3. The van der Waals surface area contributed by atoms with Crippen LogP contribution in [0.3, 0.4) is 0 Å². The van der Waals surface area contributed by atoms with Crippen LogP contribution in [0.15, 0.2) is 24.3 Å². The molecular weight excluding hydrogens is 370 g/mol. The Morgan fingerprint density at radius 1 is 1.11 bits per heavy atom. The summed E-state index contributed by atoms with van der Waals surface area (Å²) in [5, 5.41) is 3.23. The Bertz CT molecular complexity index is 724. The highest BCUT2D eigenvalue weighted by Gasteiger charge is 2.47. The van der Waals surface area contributed by atoms with E-state index in [0.29, 0.717) is 6.04 Å². The lowest BCUT2D eigenvalue weighted by atomic mass is 9.95. The molecule has 1 spiro atoms. The minimum absolute atomic E-state index is 0.0845. The Labute approximate surface area is 172 Å². The van der Waals surface area contributed by atoms with E-state index in [2.05, 4.69) is 10.2 Å². The van der Waals surface area contributed by atoms with Gasteiger partial charge in [0.25, 0.3) is 5.91 Å². The van der Waals surface area contributed by atoms with Gasteiger partial charge in [-0.3, -0.25) is 4.79 Å². The number of carbonyl (C=O) groups is 2. The number of hydrogen-bond donors (Lipinski definition) is 1. The zero-order valence-electron chi connectivity index (χ0n) is 16.8. The lowest BCUT2D eigenvalue weighted by Crippen LogP contribution is -2.56. The lowest BCUT2D eigenvalue weighted by molar-refractivity contribution is 0.0579. The number of benzene rings is 1. The van der Waals surface area contributed by atoms with Gasteiger partial charge in [-0.15, -0.1) is 11.8 Å². The number of thioether (sulfide) groups is 1. The standard InChI is InChI=1S/C22H31N3O2S/c1-17-6-5-7-18(16-17)20(26)25-14-15-28-22(25)10-12-24(13-11-22)21(27)23-19-8-3-2-4-9-19/h5-7,16,19H,2-4,8-15H2,1H3,(H,23,27). The fraction of sp³-hybridized carbons (Fsp3) is 0.636. The van der Waals surface area contributed by atoms with Gasteiger partial charge in [-0.25, -0.2) is 4.79 Å². The maximum absolute atomic E-state index is 13.2. The highest BCUT2D eigenvalue weighted by atomic mass is 32.2. The van der Waals surface area contributed by atoms with Crippen molar-refractivity contribution < 1.29 is 9.59 Å². The maximum Gasteiger partial charge on any atom is 0.317 e. The molecule has 3 fully saturated rings. The van der Waals surface area contributed by atoms with E-state index in [1.54, 1.807) is 0 Å². The van der Waals surface area contributed by atoms with Gasteiger partial charge in [-0.05, 0) is 44.7 Å². The fourth-order valence-corrected chi connectivity index (χ4v) is 6.27. The molecule has 1 aromatic rings. The van der Waals surface area contributed by atoms with Crippen LogP contribution in [0.25, 0.3) is 0 Å². The molecule has 0 unspecified atom stereocenters. The largest absolute Gasteiger partial charge is 0.335 e. The van der Waals surface area contributed by atoms with Crippen molar-refractivity contribution in [3.63, 3.8) is 0 Å². The number of rotatable bonds is 2. The molecule has 0 aromatic heterocycles. The van der Waals surface area contributed by atoms with Crippen LogP contribution in [-0.2, 0) is 0 Å². The molecule has 2 aliphatic heterocycles. The van der Waals surface area contributed by atoms with Gasteiger partial charge in [0.1, 0.15) is 0 Å². The lowest BCUT2D eigenvalue weighted by Gasteiger charge is -2.44. The molecule has 2 heterocycles. The molecule has 1 aliphatic carbocycles. The SMILES string of the molecule is Cc1cccc(C(=O)N2CCSC23CCN(C(=O)NC2CCCCC2)CC3)c1. The molecule has 1 N–H and O–H groups in total. The molecule has 0 atom stereocenters. The quantitative estimate of drug-likeness (QED) is 0.814. The minimum Gasteiger partial charge on any atom is -0.335 e. The van der Waals surface area contributed by atoms with E-state index in [4.69, 9.17) is 0 Å². The summed E-state index contributed by atoms with van der Waals surface area (Å²) in [5.41, 5.74) is 1.89. The summed E-state index contributed by atoms with van der Waals surface area (Å²) >= 11 is 1.90. The molecule has 5 nitrogen and oxygen atoms in total. The molecule has 3 aliphatic rings.